The number of aryl methyl sites for hydroxylation is 1. The Labute approximate surface area is 137 Å². The molecule has 0 aliphatic carbocycles. The van der Waals surface area contributed by atoms with E-state index in [2.05, 4.69) is 15.3 Å². The summed E-state index contributed by atoms with van der Waals surface area (Å²) in [6, 6.07) is 8.06. The minimum Gasteiger partial charge on any atom is -0.338 e. The number of H-pyrrole nitrogens is 1. The Morgan fingerprint density at radius 3 is 2.79 bits per heavy atom. The summed E-state index contributed by atoms with van der Waals surface area (Å²) in [5.74, 6) is -0.230. The molecule has 1 aromatic carbocycles. The summed E-state index contributed by atoms with van der Waals surface area (Å²) in [4.78, 5) is 30.3. The molecule has 0 aliphatic rings. The molecular formula is C17H15FN4O2. The zero-order chi connectivity index (χ0) is 17.1. The molecule has 0 saturated carbocycles. The predicted molar refractivity (Wildman–Crippen MR) is 86.0 cm³/mol. The first-order chi connectivity index (χ1) is 11.5. The van der Waals surface area contributed by atoms with Crippen LogP contribution in [0.5, 0.6) is 0 Å². The Morgan fingerprint density at radius 1 is 1.33 bits per heavy atom. The average molecular weight is 326 g/mol. The molecule has 0 radical (unpaired) electrons. The molecule has 3 rings (SSSR count). The molecule has 0 fully saturated rings. The maximum Gasteiger partial charge on any atom is 0.253 e. The zero-order valence-electron chi connectivity index (χ0n) is 12.9. The number of rotatable bonds is 4. The van der Waals surface area contributed by atoms with Gasteiger partial charge in [-0.05, 0) is 23.8 Å². The highest BCUT2D eigenvalue weighted by molar-refractivity contribution is 5.94. The molecule has 0 aliphatic heterocycles. The maximum atomic E-state index is 13.6. The van der Waals surface area contributed by atoms with Crippen LogP contribution in [0.3, 0.4) is 0 Å². The quantitative estimate of drug-likeness (QED) is 0.767. The molecule has 6 nitrogen and oxygen atoms in total. The van der Waals surface area contributed by atoms with Crippen LogP contribution in [0, 0.1) is 5.82 Å². The lowest BCUT2D eigenvalue weighted by atomic mass is 10.1. The summed E-state index contributed by atoms with van der Waals surface area (Å²) >= 11 is 0. The highest BCUT2D eigenvalue weighted by atomic mass is 19.1. The molecule has 0 unspecified atom stereocenters. The molecule has 0 bridgehead atoms. The number of hydrogen-bond donors (Lipinski definition) is 2. The number of aromatic amines is 1. The first kappa shape index (κ1) is 15.7. The van der Waals surface area contributed by atoms with Crippen LogP contribution in [0.15, 0.2) is 59.8 Å². The maximum absolute atomic E-state index is 13.6. The molecule has 3 aromatic rings. The second-order valence-corrected chi connectivity index (χ2v) is 5.30. The summed E-state index contributed by atoms with van der Waals surface area (Å²) in [6.45, 7) is 0. The number of amides is 1. The van der Waals surface area contributed by atoms with E-state index in [9.17, 15) is 14.0 Å². The molecule has 7 heteroatoms. The van der Waals surface area contributed by atoms with E-state index in [-0.39, 0.29) is 5.56 Å². The minimum atomic E-state index is -0.625. The van der Waals surface area contributed by atoms with E-state index in [0.717, 1.165) is 0 Å². The standard InChI is InChI=1S/C17H15FN4O2/c1-22-8-7-19-16(22)15(11-3-2-4-13(18)9-11)21-17(24)12-5-6-14(23)20-10-12/h2-10,15H,1H3,(H,20,23)(H,21,24)/t15-/m0/s1. The molecule has 2 heterocycles. The van der Waals surface area contributed by atoms with E-state index in [4.69, 9.17) is 0 Å². The van der Waals surface area contributed by atoms with Crippen molar-refractivity contribution in [2.45, 2.75) is 6.04 Å². The largest absolute Gasteiger partial charge is 0.338 e. The van der Waals surface area contributed by atoms with Crippen LogP contribution < -0.4 is 10.9 Å². The smallest absolute Gasteiger partial charge is 0.253 e. The van der Waals surface area contributed by atoms with Gasteiger partial charge in [-0.3, -0.25) is 9.59 Å². The number of pyridine rings is 1. The normalized spacial score (nSPS) is 11.9. The van der Waals surface area contributed by atoms with Gasteiger partial charge in [-0.25, -0.2) is 9.37 Å². The van der Waals surface area contributed by atoms with Crippen LogP contribution in [0.1, 0.15) is 27.8 Å². The fraction of sp³-hybridized carbons (Fsp3) is 0.118. The van der Waals surface area contributed by atoms with Gasteiger partial charge < -0.3 is 14.9 Å². The van der Waals surface area contributed by atoms with Crippen molar-refractivity contribution in [1.82, 2.24) is 19.9 Å². The Morgan fingerprint density at radius 2 is 2.17 bits per heavy atom. The summed E-state index contributed by atoms with van der Waals surface area (Å²) in [7, 11) is 1.79. The van der Waals surface area contributed by atoms with Crippen molar-refractivity contribution in [3.8, 4) is 0 Å². The van der Waals surface area contributed by atoms with Gasteiger partial charge in [-0.1, -0.05) is 12.1 Å². The lowest BCUT2D eigenvalue weighted by molar-refractivity contribution is 0.0940. The van der Waals surface area contributed by atoms with Crippen molar-refractivity contribution in [1.29, 1.82) is 0 Å². The topological polar surface area (TPSA) is 79.8 Å². The van der Waals surface area contributed by atoms with E-state index < -0.39 is 17.8 Å². The van der Waals surface area contributed by atoms with Crippen LogP contribution in [0.2, 0.25) is 0 Å². The number of hydrogen-bond acceptors (Lipinski definition) is 3. The monoisotopic (exact) mass is 326 g/mol. The molecule has 2 aromatic heterocycles. The number of halogens is 1. The highest BCUT2D eigenvalue weighted by Gasteiger charge is 2.21. The van der Waals surface area contributed by atoms with Gasteiger partial charge in [-0.2, -0.15) is 0 Å². The van der Waals surface area contributed by atoms with Gasteiger partial charge in [0.15, 0.2) is 0 Å². The predicted octanol–water partition coefficient (Wildman–Crippen LogP) is 1.77. The Hall–Kier alpha value is -3.22. The fourth-order valence-electron chi connectivity index (χ4n) is 2.40. The minimum absolute atomic E-state index is 0.294. The van der Waals surface area contributed by atoms with Crippen LogP contribution in [-0.4, -0.2) is 20.4 Å². The molecular weight excluding hydrogens is 311 g/mol. The van der Waals surface area contributed by atoms with Gasteiger partial charge in [0, 0.05) is 31.7 Å². The molecule has 2 N–H and O–H groups in total. The molecule has 24 heavy (non-hydrogen) atoms. The number of nitrogens with zero attached hydrogens (tertiary/aromatic N) is 2. The number of carbonyl (C=O) groups excluding carboxylic acids is 1. The van der Waals surface area contributed by atoms with Gasteiger partial charge in [0.25, 0.3) is 5.91 Å². The van der Waals surface area contributed by atoms with Gasteiger partial charge >= 0.3 is 0 Å². The van der Waals surface area contributed by atoms with E-state index in [0.29, 0.717) is 17.0 Å². The SMILES string of the molecule is Cn1ccnc1[C@@H](NC(=O)c1ccc(=O)[nH]c1)c1cccc(F)c1. The highest BCUT2D eigenvalue weighted by Crippen LogP contribution is 2.21. The Kier molecular flexibility index (Phi) is 4.24. The van der Waals surface area contributed by atoms with Gasteiger partial charge in [0.2, 0.25) is 5.56 Å². The first-order valence-electron chi connectivity index (χ1n) is 7.27. The molecule has 1 amide bonds. The number of nitrogens with one attached hydrogen (secondary N) is 2. The second-order valence-electron chi connectivity index (χ2n) is 5.30. The molecule has 0 spiro atoms. The summed E-state index contributed by atoms with van der Waals surface area (Å²) < 4.78 is 15.3. The van der Waals surface area contributed by atoms with Crippen LogP contribution in [0.4, 0.5) is 4.39 Å². The third kappa shape index (κ3) is 3.24. The van der Waals surface area contributed by atoms with Crippen molar-refractivity contribution in [2.75, 3.05) is 0 Å². The Bertz CT molecular complexity index is 912. The van der Waals surface area contributed by atoms with Crippen LogP contribution >= 0.6 is 0 Å². The lowest BCUT2D eigenvalue weighted by Crippen LogP contribution is -2.31. The number of imidazole rings is 1. The van der Waals surface area contributed by atoms with Gasteiger partial charge in [0.05, 0.1) is 5.56 Å². The molecule has 122 valence electrons. The lowest BCUT2D eigenvalue weighted by Gasteiger charge is -2.19. The van der Waals surface area contributed by atoms with E-state index in [1.54, 1.807) is 36.1 Å². The number of carbonyl (C=O) groups is 1. The van der Waals surface area contributed by atoms with Gasteiger partial charge in [0.1, 0.15) is 17.7 Å². The van der Waals surface area contributed by atoms with Crippen molar-refractivity contribution in [2.24, 2.45) is 7.05 Å². The van der Waals surface area contributed by atoms with Crippen molar-refractivity contribution in [3.63, 3.8) is 0 Å². The number of aromatic nitrogens is 3. The third-order valence-electron chi connectivity index (χ3n) is 3.62. The van der Waals surface area contributed by atoms with Crippen LogP contribution in [-0.2, 0) is 7.05 Å². The summed E-state index contributed by atoms with van der Waals surface area (Å²) in [5, 5.41) is 2.83. The van der Waals surface area contributed by atoms with Crippen molar-refractivity contribution in [3.05, 3.63) is 88.1 Å². The van der Waals surface area contributed by atoms with Gasteiger partial charge in [-0.15, -0.1) is 0 Å². The third-order valence-corrected chi connectivity index (χ3v) is 3.62. The van der Waals surface area contributed by atoms with Crippen molar-refractivity contribution >= 4 is 5.91 Å². The van der Waals surface area contributed by atoms with Crippen molar-refractivity contribution < 1.29 is 9.18 Å². The molecule has 1 atom stereocenters. The van der Waals surface area contributed by atoms with E-state index in [1.165, 1.54) is 30.5 Å². The summed E-state index contributed by atoms with van der Waals surface area (Å²) in [6.07, 6.45) is 4.68. The number of benzene rings is 1. The van der Waals surface area contributed by atoms with E-state index >= 15 is 0 Å². The molecule has 0 saturated heterocycles. The Balaban J connectivity index is 1.96. The summed E-state index contributed by atoms with van der Waals surface area (Å²) in [5.41, 5.74) is 0.574. The van der Waals surface area contributed by atoms with E-state index in [1.807, 2.05) is 0 Å². The fourth-order valence-corrected chi connectivity index (χ4v) is 2.40. The zero-order valence-corrected chi connectivity index (χ0v) is 12.9. The second kappa shape index (κ2) is 6.49. The average Bonchev–Trinajstić information content (AvgIpc) is 2.99. The first-order valence-corrected chi connectivity index (χ1v) is 7.27. The van der Waals surface area contributed by atoms with Crippen LogP contribution in [0.25, 0.3) is 0 Å².